The summed E-state index contributed by atoms with van der Waals surface area (Å²) in [6.45, 7) is 5.31. The monoisotopic (exact) mass is 337 g/mol. The quantitative estimate of drug-likeness (QED) is 0.811. The molecule has 0 aromatic heterocycles. The molecule has 2 N–H and O–H groups in total. The lowest BCUT2D eigenvalue weighted by Crippen LogP contribution is -2.45. The number of carbonyl (C=O) groups is 3. The van der Waals surface area contributed by atoms with Gasteiger partial charge < -0.3 is 10.6 Å². The van der Waals surface area contributed by atoms with Crippen molar-refractivity contribution >= 4 is 35.1 Å². The van der Waals surface area contributed by atoms with Crippen molar-refractivity contribution in [2.24, 2.45) is 5.92 Å². The standard InChI is InChI=1S/C16H20ClN3O3/c1-10(2)8-16(3)14(22)20(15(23)19-16)9-13(21)18-12-6-4-11(17)5-7-12/h4-7,10H,8-9H2,1-3H3,(H,18,21)(H,19,23)/t16-/m1/s1. The first kappa shape index (κ1) is 17.3. The molecule has 2 rings (SSSR count). The predicted molar refractivity (Wildman–Crippen MR) is 88.2 cm³/mol. The highest BCUT2D eigenvalue weighted by atomic mass is 35.5. The topological polar surface area (TPSA) is 78.5 Å². The average molecular weight is 338 g/mol. The van der Waals surface area contributed by atoms with Gasteiger partial charge in [-0.05, 0) is 43.5 Å². The van der Waals surface area contributed by atoms with E-state index in [1.54, 1.807) is 31.2 Å². The Kier molecular flexibility index (Phi) is 4.94. The third kappa shape index (κ3) is 4.01. The molecule has 0 spiro atoms. The number of amides is 4. The van der Waals surface area contributed by atoms with Crippen LogP contribution in [0.2, 0.25) is 5.02 Å². The van der Waals surface area contributed by atoms with Gasteiger partial charge in [-0.3, -0.25) is 14.5 Å². The van der Waals surface area contributed by atoms with Crippen molar-refractivity contribution < 1.29 is 14.4 Å². The summed E-state index contributed by atoms with van der Waals surface area (Å²) in [6, 6.07) is 6.04. The van der Waals surface area contributed by atoms with Gasteiger partial charge in [-0.1, -0.05) is 25.4 Å². The zero-order valence-electron chi connectivity index (χ0n) is 13.4. The van der Waals surface area contributed by atoms with Crippen molar-refractivity contribution in [2.45, 2.75) is 32.7 Å². The van der Waals surface area contributed by atoms with Crippen LogP contribution in [0.15, 0.2) is 24.3 Å². The molecule has 4 amide bonds. The van der Waals surface area contributed by atoms with Crippen LogP contribution in [0, 0.1) is 5.92 Å². The maximum absolute atomic E-state index is 12.5. The van der Waals surface area contributed by atoms with E-state index >= 15 is 0 Å². The van der Waals surface area contributed by atoms with Gasteiger partial charge in [-0.15, -0.1) is 0 Å². The van der Waals surface area contributed by atoms with Crippen LogP contribution in [-0.2, 0) is 9.59 Å². The molecule has 23 heavy (non-hydrogen) atoms. The second-order valence-electron chi connectivity index (χ2n) is 6.31. The molecule has 0 saturated carbocycles. The predicted octanol–water partition coefficient (Wildman–Crippen LogP) is 2.64. The van der Waals surface area contributed by atoms with Crippen molar-refractivity contribution in [3.05, 3.63) is 29.3 Å². The van der Waals surface area contributed by atoms with E-state index in [-0.39, 0.29) is 18.4 Å². The molecule has 0 radical (unpaired) electrons. The molecule has 1 fully saturated rings. The normalized spacial score (nSPS) is 20.8. The molecule has 1 aromatic rings. The number of urea groups is 1. The molecule has 7 heteroatoms. The largest absolute Gasteiger partial charge is 0.325 e. The molecule has 124 valence electrons. The van der Waals surface area contributed by atoms with Crippen LogP contribution >= 0.6 is 11.6 Å². The number of nitrogens with zero attached hydrogens (tertiary/aromatic N) is 1. The first-order chi connectivity index (χ1) is 10.7. The number of imide groups is 1. The fraction of sp³-hybridized carbons (Fsp3) is 0.438. The molecule has 1 aromatic carbocycles. The molecule has 1 saturated heterocycles. The van der Waals surface area contributed by atoms with Crippen LogP contribution in [-0.4, -0.2) is 34.8 Å². The van der Waals surface area contributed by atoms with Crippen LogP contribution in [0.3, 0.4) is 0 Å². The van der Waals surface area contributed by atoms with Crippen LogP contribution in [0.5, 0.6) is 0 Å². The Labute approximate surface area is 140 Å². The second kappa shape index (κ2) is 6.58. The first-order valence-electron chi connectivity index (χ1n) is 7.41. The molecular weight excluding hydrogens is 318 g/mol. The lowest BCUT2D eigenvalue weighted by Gasteiger charge is -2.23. The Hall–Kier alpha value is -2.08. The summed E-state index contributed by atoms with van der Waals surface area (Å²) < 4.78 is 0. The van der Waals surface area contributed by atoms with Crippen molar-refractivity contribution in [1.82, 2.24) is 10.2 Å². The fourth-order valence-corrected chi connectivity index (χ4v) is 2.85. The second-order valence-corrected chi connectivity index (χ2v) is 6.74. The minimum Gasteiger partial charge on any atom is -0.325 e. The van der Waals surface area contributed by atoms with Crippen LogP contribution in [0.4, 0.5) is 10.5 Å². The SMILES string of the molecule is CC(C)C[C@@]1(C)NC(=O)N(CC(=O)Nc2ccc(Cl)cc2)C1=O. The van der Waals surface area contributed by atoms with Gasteiger partial charge in [0.25, 0.3) is 5.91 Å². The van der Waals surface area contributed by atoms with Crippen molar-refractivity contribution in [1.29, 1.82) is 0 Å². The number of nitrogens with one attached hydrogen (secondary N) is 2. The van der Waals surface area contributed by atoms with Gasteiger partial charge in [-0.2, -0.15) is 0 Å². The van der Waals surface area contributed by atoms with Gasteiger partial charge in [0.15, 0.2) is 0 Å². The lowest BCUT2D eigenvalue weighted by atomic mass is 9.91. The average Bonchev–Trinajstić information content (AvgIpc) is 2.64. The highest BCUT2D eigenvalue weighted by Crippen LogP contribution is 2.25. The third-order valence-electron chi connectivity index (χ3n) is 3.59. The Morgan fingerprint density at radius 3 is 2.48 bits per heavy atom. The van der Waals surface area contributed by atoms with Gasteiger partial charge in [0.1, 0.15) is 12.1 Å². The Bertz CT molecular complexity index is 630. The van der Waals surface area contributed by atoms with E-state index in [1.807, 2.05) is 13.8 Å². The zero-order chi connectivity index (χ0) is 17.2. The van der Waals surface area contributed by atoms with E-state index in [2.05, 4.69) is 10.6 Å². The summed E-state index contributed by atoms with van der Waals surface area (Å²) >= 11 is 5.78. The lowest BCUT2D eigenvalue weighted by molar-refractivity contribution is -0.133. The molecule has 0 aliphatic carbocycles. The number of hydrogen-bond donors (Lipinski definition) is 2. The minimum atomic E-state index is -0.953. The van der Waals surface area contributed by atoms with Crippen LogP contribution in [0.1, 0.15) is 27.2 Å². The number of carbonyl (C=O) groups excluding carboxylic acids is 3. The van der Waals surface area contributed by atoms with Gasteiger partial charge >= 0.3 is 6.03 Å². The summed E-state index contributed by atoms with van der Waals surface area (Å²) in [5.74, 6) is -0.570. The van der Waals surface area contributed by atoms with Gasteiger partial charge in [0.2, 0.25) is 5.91 Å². The number of anilines is 1. The smallest absolute Gasteiger partial charge is 0.325 e. The van der Waals surface area contributed by atoms with E-state index in [0.29, 0.717) is 17.1 Å². The number of halogens is 1. The highest BCUT2D eigenvalue weighted by molar-refractivity contribution is 6.30. The summed E-state index contributed by atoms with van der Waals surface area (Å²) in [6.07, 6.45) is 0.521. The van der Waals surface area contributed by atoms with E-state index < -0.39 is 17.5 Å². The van der Waals surface area contributed by atoms with E-state index in [4.69, 9.17) is 11.6 Å². The van der Waals surface area contributed by atoms with Gasteiger partial charge in [0.05, 0.1) is 0 Å². The van der Waals surface area contributed by atoms with Crippen molar-refractivity contribution in [3.63, 3.8) is 0 Å². The molecule has 0 unspecified atom stereocenters. The highest BCUT2D eigenvalue weighted by Gasteiger charge is 2.48. The minimum absolute atomic E-state index is 0.243. The molecule has 1 heterocycles. The Morgan fingerprint density at radius 1 is 1.30 bits per heavy atom. The Morgan fingerprint density at radius 2 is 1.91 bits per heavy atom. The summed E-state index contributed by atoms with van der Waals surface area (Å²) in [7, 11) is 0. The number of benzene rings is 1. The summed E-state index contributed by atoms with van der Waals surface area (Å²) in [5.41, 5.74) is -0.400. The molecule has 1 aliphatic heterocycles. The maximum atomic E-state index is 12.5. The number of rotatable bonds is 5. The molecule has 0 bridgehead atoms. The molecular formula is C16H20ClN3O3. The van der Waals surface area contributed by atoms with Gasteiger partial charge in [0, 0.05) is 10.7 Å². The Balaban J connectivity index is 2.02. The summed E-state index contributed by atoms with van der Waals surface area (Å²) in [4.78, 5) is 37.5. The van der Waals surface area contributed by atoms with E-state index in [0.717, 1.165) is 4.90 Å². The fourth-order valence-electron chi connectivity index (χ4n) is 2.72. The summed E-state index contributed by atoms with van der Waals surface area (Å²) in [5, 5.41) is 5.87. The molecule has 6 nitrogen and oxygen atoms in total. The zero-order valence-corrected chi connectivity index (χ0v) is 14.1. The maximum Gasteiger partial charge on any atom is 0.325 e. The van der Waals surface area contributed by atoms with E-state index in [9.17, 15) is 14.4 Å². The first-order valence-corrected chi connectivity index (χ1v) is 7.78. The molecule has 1 aliphatic rings. The third-order valence-corrected chi connectivity index (χ3v) is 3.84. The number of hydrogen-bond acceptors (Lipinski definition) is 3. The van der Waals surface area contributed by atoms with Crippen LogP contribution < -0.4 is 10.6 Å². The van der Waals surface area contributed by atoms with Gasteiger partial charge in [-0.25, -0.2) is 4.79 Å². The van der Waals surface area contributed by atoms with Crippen LogP contribution in [0.25, 0.3) is 0 Å². The van der Waals surface area contributed by atoms with Crippen molar-refractivity contribution in [2.75, 3.05) is 11.9 Å². The van der Waals surface area contributed by atoms with E-state index in [1.165, 1.54) is 0 Å². The molecule has 1 atom stereocenters. The van der Waals surface area contributed by atoms with Crippen molar-refractivity contribution in [3.8, 4) is 0 Å².